The minimum atomic E-state index is 0.0127. The van der Waals surface area contributed by atoms with Gasteiger partial charge in [-0.1, -0.05) is 0 Å². The Kier molecular flexibility index (Phi) is 3.24. The lowest BCUT2D eigenvalue weighted by atomic mass is 10.2. The fourth-order valence-electron chi connectivity index (χ4n) is 2.04. The van der Waals surface area contributed by atoms with Crippen molar-refractivity contribution in [1.29, 1.82) is 0 Å². The van der Waals surface area contributed by atoms with Crippen LogP contribution in [0.1, 0.15) is 13.8 Å². The molecular formula is C11H18N4O. The molecule has 0 saturated carbocycles. The fourth-order valence-corrected chi connectivity index (χ4v) is 2.04. The predicted octanol–water partition coefficient (Wildman–Crippen LogP) is 0.0613. The minimum absolute atomic E-state index is 0.0127. The lowest BCUT2D eigenvalue weighted by Gasteiger charge is -2.34. The number of aryl methyl sites for hydroxylation is 1. The molecule has 1 saturated heterocycles. The summed E-state index contributed by atoms with van der Waals surface area (Å²) in [7, 11) is 0. The summed E-state index contributed by atoms with van der Waals surface area (Å²) < 4.78 is 1.69. The van der Waals surface area contributed by atoms with Crippen molar-refractivity contribution in [2.45, 2.75) is 26.4 Å². The average Bonchev–Trinajstić information content (AvgIpc) is 2.31. The van der Waals surface area contributed by atoms with Crippen molar-refractivity contribution < 1.29 is 0 Å². The molecule has 0 radical (unpaired) electrons. The third-order valence-corrected chi connectivity index (χ3v) is 3.01. The first kappa shape index (κ1) is 11.1. The highest BCUT2D eigenvalue weighted by Crippen LogP contribution is 2.10. The van der Waals surface area contributed by atoms with E-state index in [0.29, 0.717) is 18.4 Å². The second kappa shape index (κ2) is 4.65. The monoisotopic (exact) mass is 222 g/mol. The maximum Gasteiger partial charge on any atom is 0.293 e. The van der Waals surface area contributed by atoms with E-state index in [4.69, 9.17) is 0 Å². The van der Waals surface area contributed by atoms with Gasteiger partial charge in [0.25, 0.3) is 5.56 Å². The van der Waals surface area contributed by atoms with Gasteiger partial charge in [0.15, 0.2) is 5.82 Å². The van der Waals surface area contributed by atoms with E-state index in [0.717, 1.165) is 19.6 Å². The summed E-state index contributed by atoms with van der Waals surface area (Å²) in [5, 5.41) is 3.30. The Morgan fingerprint density at radius 3 is 3.12 bits per heavy atom. The van der Waals surface area contributed by atoms with Crippen LogP contribution in [0.15, 0.2) is 17.2 Å². The van der Waals surface area contributed by atoms with E-state index in [2.05, 4.69) is 22.1 Å². The largest absolute Gasteiger partial charge is 0.347 e. The van der Waals surface area contributed by atoms with E-state index in [-0.39, 0.29) is 5.56 Å². The number of hydrogen-bond acceptors (Lipinski definition) is 4. The summed E-state index contributed by atoms with van der Waals surface area (Å²) in [5.41, 5.74) is 0.0127. The van der Waals surface area contributed by atoms with Crippen molar-refractivity contribution in [3.63, 3.8) is 0 Å². The summed E-state index contributed by atoms with van der Waals surface area (Å²) in [5.74, 6) is 0.582. The lowest BCUT2D eigenvalue weighted by Crippen LogP contribution is -2.52. The maximum absolute atomic E-state index is 12.1. The van der Waals surface area contributed by atoms with Gasteiger partial charge in [-0.25, -0.2) is 4.98 Å². The molecule has 1 aliphatic rings. The summed E-state index contributed by atoms with van der Waals surface area (Å²) in [6.45, 7) is 7.42. The van der Waals surface area contributed by atoms with E-state index in [1.165, 1.54) is 0 Å². The van der Waals surface area contributed by atoms with Gasteiger partial charge in [0, 0.05) is 44.6 Å². The fraction of sp³-hybridized carbons (Fsp3) is 0.636. The number of piperazine rings is 1. The molecule has 16 heavy (non-hydrogen) atoms. The van der Waals surface area contributed by atoms with Gasteiger partial charge in [0.2, 0.25) is 0 Å². The third kappa shape index (κ3) is 1.95. The molecule has 2 heterocycles. The molecule has 2 rings (SSSR count). The van der Waals surface area contributed by atoms with Crippen molar-refractivity contribution in [2.75, 3.05) is 24.5 Å². The smallest absolute Gasteiger partial charge is 0.293 e. The summed E-state index contributed by atoms with van der Waals surface area (Å²) in [6.07, 6.45) is 3.44. The quantitative estimate of drug-likeness (QED) is 0.769. The highest BCUT2D eigenvalue weighted by atomic mass is 16.1. The first-order chi connectivity index (χ1) is 7.74. The van der Waals surface area contributed by atoms with Crippen LogP contribution in [0.5, 0.6) is 0 Å². The second-order valence-corrected chi connectivity index (χ2v) is 4.09. The Morgan fingerprint density at radius 1 is 1.62 bits per heavy atom. The highest BCUT2D eigenvalue weighted by Gasteiger charge is 2.21. The number of hydrogen-bond donors (Lipinski definition) is 1. The molecule has 1 atom stereocenters. The molecule has 0 spiro atoms. The van der Waals surface area contributed by atoms with Crippen LogP contribution in [-0.2, 0) is 6.54 Å². The Labute approximate surface area is 95.1 Å². The van der Waals surface area contributed by atoms with Crippen LogP contribution in [0.4, 0.5) is 5.82 Å². The van der Waals surface area contributed by atoms with Crippen molar-refractivity contribution in [1.82, 2.24) is 14.9 Å². The minimum Gasteiger partial charge on any atom is -0.347 e. The number of nitrogens with one attached hydrogen (secondary N) is 1. The first-order valence-electron chi connectivity index (χ1n) is 5.77. The van der Waals surface area contributed by atoms with Gasteiger partial charge in [-0.3, -0.25) is 4.79 Å². The molecule has 1 unspecified atom stereocenters. The van der Waals surface area contributed by atoms with Gasteiger partial charge in [-0.15, -0.1) is 0 Å². The predicted molar refractivity (Wildman–Crippen MR) is 63.8 cm³/mol. The van der Waals surface area contributed by atoms with Gasteiger partial charge < -0.3 is 14.8 Å². The number of rotatable bonds is 2. The van der Waals surface area contributed by atoms with Crippen molar-refractivity contribution in [3.05, 3.63) is 22.7 Å². The van der Waals surface area contributed by atoms with Crippen LogP contribution in [0.2, 0.25) is 0 Å². The number of anilines is 1. The molecule has 1 aliphatic heterocycles. The molecule has 1 N–H and O–H groups in total. The third-order valence-electron chi connectivity index (χ3n) is 3.01. The molecule has 5 nitrogen and oxygen atoms in total. The summed E-state index contributed by atoms with van der Waals surface area (Å²) in [6, 6.07) is 0.321. The van der Waals surface area contributed by atoms with Crippen LogP contribution in [0.3, 0.4) is 0 Å². The molecule has 5 heteroatoms. The molecule has 1 aromatic heterocycles. The van der Waals surface area contributed by atoms with Gasteiger partial charge >= 0.3 is 0 Å². The Hall–Kier alpha value is -1.36. The van der Waals surface area contributed by atoms with Crippen molar-refractivity contribution in [3.8, 4) is 0 Å². The Balaban J connectivity index is 2.35. The normalized spacial score (nSPS) is 21.1. The first-order valence-corrected chi connectivity index (χ1v) is 5.77. The molecule has 0 bridgehead atoms. The van der Waals surface area contributed by atoms with E-state index >= 15 is 0 Å². The van der Waals surface area contributed by atoms with Crippen LogP contribution < -0.4 is 15.8 Å². The van der Waals surface area contributed by atoms with E-state index in [9.17, 15) is 4.79 Å². The molecule has 1 fully saturated rings. The van der Waals surface area contributed by atoms with Crippen molar-refractivity contribution in [2.24, 2.45) is 0 Å². The molecule has 0 amide bonds. The second-order valence-electron chi connectivity index (χ2n) is 4.09. The Bertz CT molecular complexity index is 415. The zero-order valence-corrected chi connectivity index (χ0v) is 9.81. The topological polar surface area (TPSA) is 50.2 Å². The average molecular weight is 222 g/mol. The Morgan fingerprint density at radius 2 is 2.44 bits per heavy atom. The standard InChI is InChI=1S/C11H18N4O/c1-3-14-6-5-13-10(11(14)16)15-7-4-12-8-9(15)2/h5-6,9,12H,3-4,7-8H2,1-2H3. The number of nitrogens with zero attached hydrogens (tertiary/aromatic N) is 3. The maximum atomic E-state index is 12.1. The van der Waals surface area contributed by atoms with Gasteiger partial charge in [-0.2, -0.15) is 0 Å². The van der Waals surface area contributed by atoms with Gasteiger partial charge in [0.1, 0.15) is 0 Å². The van der Waals surface area contributed by atoms with E-state index < -0.39 is 0 Å². The molecule has 0 aromatic carbocycles. The highest BCUT2D eigenvalue weighted by molar-refractivity contribution is 5.37. The number of aromatic nitrogens is 2. The zero-order valence-electron chi connectivity index (χ0n) is 9.81. The van der Waals surface area contributed by atoms with E-state index in [1.807, 2.05) is 6.92 Å². The van der Waals surface area contributed by atoms with Crippen LogP contribution in [0.25, 0.3) is 0 Å². The summed E-state index contributed by atoms with van der Waals surface area (Å²) in [4.78, 5) is 18.4. The van der Waals surface area contributed by atoms with Crippen molar-refractivity contribution >= 4 is 5.82 Å². The van der Waals surface area contributed by atoms with Crippen LogP contribution in [-0.4, -0.2) is 35.2 Å². The zero-order chi connectivity index (χ0) is 11.5. The SMILES string of the molecule is CCn1ccnc(N2CCNCC2C)c1=O. The lowest BCUT2D eigenvalue weighted by molar-refractivity contribution is 0.493. The molecule has 0 aliphatic carbocycles. The summed E-state index contributed by atoms with van der Waals surface area (Å²) >= 11 is 0. The van der Waals surface area contributed by atoms with Crippen LogP contribution in [0, 0.1) is 0 Å². The van der Waals surface area contributed by atoms with Crippen LogP contribution >= 0.6 is 0 Å². The molecular weight excluding hydrogens is 204 g/mol. The van der Waals surface area contributed by atoms with E-state index in [1.54, 1.807) is 17.0 Å². The molecule has 1 aromatic rings. The van der Waals surface area contributed by atoms with Gasteiger partial charge in [-0.05, 0) is 13.8 Å². The molecule has 88 valence electrons. The van der Waals surface area contributed by atoms with Gasteiger partial charge in [0.05, 0.1) is 0 Å².